The highest BCUT2D eigenvalue weighted by Crippen LogP contribution is 2.38. The summed E-state index contributed by atoms with van der Waals surface area (Å²) in [5, 5.41) is 0. The van der Waals surface area contributed by atoms with Gasteiger partial charge in [-0.15, -0.1) is 0 Å². The molecule has 0 saturated heterocycles. The standard InChI is InChI=1S/C6H4O2S.CH4/c7-9(8)5-3-1-2-4-6(5)9;/h1-4H;1H4. The third-order valence-corrected chi connectivity index (χ3v) is 3.05. The van der Waals surface area contributed by atoms with Crippen LogP contribution in [0.2, 0.25) is 0 Å². The predicted molar refractivity (Wildman–Crippen MR) is 38.6 cm³/mol. The van der Waals surface area contributed by atoms with E-state index < -0.39 is 9.84 Å². The minimum atomic E-state index is -2.88. The maximum Gasteiger partial charge on any atom is 0.209 e. The van der Waals surface area contributed by atoms with Gasteiger partial charge in [0.15, 0.2) is 0 Å². The Morgan fingerprint density at radius 2 is 1.40 bits per heavy atom. The normalized spacial score (nSPS) is 16.8. The van der Waals surface area contributed by atoms with Crippen molar-refractivity contribution in [1.29, 1.82) is 0 Å². The first kappa shape index (κ1) is 7.28. The average molecular weight is 156 g/mol. The Kier molecular flexibility index (Phi) is 1.33. The van der Waals surface area contributed by atoms with E-state index in [1.807, 2.05) is 0 Å². The molecule has 1 aliphatic heterocycles. The fourth-order valence-corrected chi connectivity index (χ4v) is 2.15. The third kappa shape index (κ3) is 0.671. The van der Waals surface area contributed by atoms with E-state index in [1.54, 1.807) is 24.3 Å². The molecule has 0 spiro atoms. The van der Waals surface area contributed by atoms with Crippen molar-refractivity contribution in [3.63, 3.8) is 0 Å². The maximum atomic E-state index is 10.7. The van der Waals surface area contributed by atoms with E-state index in [4.69, 9.17) is 0 Å². The van der Waals surface area contributed by atoms with Gasteiger partial charge in [0, 0.05) is 0 Å². The number of sulfone groups is 1. The van der Waals surface area contributed by atoms with E-state index in [0.717, 1.165) is 0 Å². The van der Waals surface area contributed by atoms with E-state index in [0.29, 0.717) is 9.79 Å². The van der Waals surface area contributed by atoms with Crippen LogP contribution in [-0.4, -0.2) is 8.42 Å². The zero-order chi connectivity index (χ0) is 6.48. The highest BCUT2D eigenvalue weighted by molar-refractivity contribution is 7.97. The molecule has 0 bridgehead atoms. The summed E-state index contributed by atoms with van der Waals surface area (Å²) in [6, 6.07) is 6.68. The molecule has 0 amide bonds. The van der Waals surface area contributed by atoms with Crippen molar-refractivity contribution in [2.45, 2.75) is 17.2 Å². The van der Waals surface area contributed by atoms with Gasteiger partial charge in [0.2, 0.25) is 9.84 Å². The maximum absolute atomic E-state index is 10.7. The zero-order valence-electron chi connectivity index (χ0n) is 4.53. The summed E-state index contributed by atoms with van der Waals surface area (Å²) in [4.78, 5) is 0.981. The molecule has 0 aromatic heterocycles. The van der Waals surface area contributed by atoms with Crippen molar-refractivity contribution >= 4 is 9.84 Å². The number of hydrogen-bond acceptors (Lipinski definition) is 2. The summed E-state index contributed by atoms with van der Waals surface area (Å²) in [5.74, 6) is 0. The van der Waals surface area contributed by atoms with Crippen molar-refractivity contribution in [2.75, 3.05) is 0 Å². The Hall–Kier alpha value is -0.830. The van der Waals surface area contributed by atoms with E-state index in [9.17, 15) is 8.42 Å². The van der Waals surface area contributed by atoms with Gasteiger partial charge in [0.1, 0.15) is 0 Å². The molecule has 0 atom stereocenters. The van der Waals surface area contributed by atoms with E-state index in [2.05, 4.69) is 0 Å². The topological polar surface area (TPSA) is 34.1 Å². The summed E-state index contributed by atoms with van der Waals surface area (Å²) < 4.78 is 21.5. The second-order valence-corrected chi connectivity index (χ2v) is 3.84. The Bertz CT molecular complexity index is 323. The highest BCUT2D eigenvalue weighted by Gasteiger charge is 2.37. The van der Waals surface area contributed by atoms with Crippen LogP contribution in [0.25, 0.3) is 0 Å². The van der Waals surface area contributed by atoms with Crippen molar-refractivity contribution in [3.05, 3.63) is 24.3 Å². The lowest BCUT2D eigenvalue weighted by Crippen LogP contribution is -1.65. The lowest BCUT2D eigenvalue weighted by molar-refractivity contribution is 0.612. The lowest BCUT2D eigenvalue weighted by atomic mass is 10.4. The smallest absolute Gasteiger partial charge is 0.209 e. The molecule has 0 aliphatic carbocycles. The zero-order valence-corrected chi connectivity index (χ0v) is 5.35. The molecule has 0 unspecified atom stereocenters. The van der Waals surface area contributed by atoms with Crippen LogP contribution in [-0.2, 0) is 9.84 Å². The van der Waals surface area contributed by atoms with Gasteiger partial charge in [-0.05, 0) is 12.1 Å². The number of hydrogen-bond donors (Lipinski definition) is 0. The lowest BCUT2D eigenvalue weighted by Gasteiger charge is -1.64. The van der Waals surface area contributed by atoms with Crippen LogP contribution in [0.1, 0.15) is 7.43 Å². The minimum Gasteiger partial charge on any atom is -0.218 e. The molecule has 0 radical (unpaired) electrons. The second-order valence-electron chi connectivity index (χ2n) is 1.95. The Labute approximate surface area is 60.4 Å². The molecule has 1 aliphatic rings. The molecule has 1 heterocycles. The Balaban J connectivity index is 0.000000500. The Morgan fingerprint density at radius 1 is 1.00 bits per heavy atom. The number of rotatable bonds is 0. The van der Waals surface area contributed by atoms with Gasteiger partial charge in [0.25, 0.3) is 0 Å². The van der Waals surface area contributed by atoms with E-state index in [1.165, 1.54) is 0 Å². The molecule has 0 saturated carbocycles. The Morgan fingerprint density at radius 3 is 1.70 bits per heavy atom. The fraction of sp³-hybridized carbons (Fsp3) is 0.143. The summed E-state index contributed by atoms with van der Waals surface area (Å²) in [6.45, 7) is 0. The van der Waals surface area contributed by atoms with E-state index in [-0.39, 0.29) is 7.43 Å². The largest absolute Gasteiger partial charge is 0.218 e. The van der Waals surface area contributed by atoms with Gasteiger partial charge in [-0.25, -0.2) is 8.42 Å². The monoisotopic (exact) mass is 156 g/mol. The van der Waals surface area contributed by atoms with Gasteiger partial charge < -0.3 is 0 Å². The van der Waals surface area contributed by atoms with E-state index >= 15 is 0 Å². The third-order valence-electron chi connectivity index (χ3n) is 1.39. The molecular formula is C7H8O2S. The van der Waals surface area contributed by atoms with Crippen LogP contribution in [0.15, 0.2) is 34.1 Å². The minimum absolute atomic E-state index is 0. The molecule has 2 rings (SSSR count). The van der Waals surface area contributed by atoms with Crippen LogP contribution in [0.5, 0.6) is 0 Å². The first-order valence-corrected chi connectivity index (χ1v) is 4.05. The quantitative estimate of drug-likeness (QED) is 0.541. The molecule has 1 aromatic rings. The molecule has 0 fully saturated rings. The second kappa shape index (κ2) is 1.83. The number of fused-ring (bicyclic) bond motifs is 1. The van der Waals surface area contributed by atoms with Crippen molar-refractivity contribution in [3.8, 4) is 0 Å². The van der Waals surface area contributed by atoms with Crippen LogP contribution in [0.3, 0.4) is 0 Å². The summed E-state index contributed by atoms with van der Waals surface area (Å²) in [6.07, 6.45) is 0. The summed E-state index contributed by atoms with van der Waals surface area (Å²) >= 11 is 0. The van der Waals surface area contributed by atoms with Crippen LogP contribution in [0, 0.1) is 0 Å². The number of benzene rings is 1. The van der Waals surface area contributed by atoms with Crippen molar-refractivity contribution in [1.82, 2.24) is 0 Å². The van der Waals surface area contributed by atoms with Crippen LogP contribution in [0.4, 0.5) is 0 Å². The fourth-order valence-electron chi connectivity index (χ4n) is 0.853. The van der Waals surface area contributed by atoms with Gasteiger partial charge in [-0.1, -0.05) is 19.6 Å². The molecule has 2 nitrogen and oxygen atoms in total. The summed E-state index contributed by atoms with van der Waals surface area (Å²) in [7, 11) is -2.88. The molecule has 1 aromatic carbocycles. The first-order chi connectivity index (χ1) is 4.23. The molecule has 0 N–H and O–H groups in total. The average Bonchev–Trinajstić information content (AvgIpc) is 2.39. The molecule has 54 valence electrons. The summed E-state index contributed by atoms with van der Waals surface area (Å²) in [5.41, 5.74) is 0. The SMILES string of the molecule is C.O=S1(=O)c2ccccc21. The van der Waals surface area contributed by atoms with Crippen LogP contribution >= 0.6 is 0 Å². The van der Waals surface area contributed by atoms with Crippen molar-refractivity contribution in [2.24, 2.45) is 0 Å². The molecule has 10 heavy (non-hydrogen) atoms. The highest BCUT2D eigenvalue weighted by atomic mass is 32.2. The molecular weight excluding hydrogens is 148 g/mol. The van der Waals surface area contributed by atoms with Gasteiger partial charge in [0.05, 0.1) is 9.79 Å². The molecule has 3 heteroatoms. The van der Waals surface area contributed by atoms with Gasteiger partial charge in [-0.3, -0.25) is 0 Å². The predicted octanol–water partition coefficient (Wildman–Crippen LogP) is 1.47. The van der Waals surface area contributed by atoms with Gasteiger partial charge in [-0.2, -0.15) is 0 Å². The first-order valence-electron chi connectivity index (χ1n) is 2.57. The van der Waals surface area contributed by atoms with Gasteiger partial charge >= 0.3 is 0 Å². The van der Waals surface area contributed by atoms with Crippen molar-refractivity contribution < 1.29 is 8.42 Å². The van der Waals surface area contributed by atoms with Crippen LogP contribution < -0.4 is 0 Å².